The summed E-state index contributed by atoms with van der Waals surface area (Å²) in [6.45, 7) is 0. The number of nitriles is 1. The lowest BCUT2D eigenvalue weighted by Crippen LogP contribution is -2.00. The van der Waals surface area contributed by atoms with Crippen LogP contribution in [-0.2, 0) is 5.75 Å². The van der Waals surface area contributed by atoms with Crippen molar-refractivity contribution >= 4 is 38.7 Å². The molecule has 0 atom stereocenters. The van der Waals surface area contributed by atoms with Crippen molar-refractivity contribution in [2.75, 3.05) is 0 Å². The third-order valence-electron chi connectivity index (χ3n) is 3.05. The van der Waals surface area contributed by atoms with Gasteiger partial charge in [0.05, 0.1) is 5.56 Å². The molecule has 0 aliphatic heterocycles. The van der Waals surface area contributed by atoms with Gasteiger partial charge in [-0.2, -0.15) is 5.26 Å². The number of halogens is 1. The largest absolute Gasteiger partial charge is 0.423 e. The van der Waals surface area contributed by atoms with Gasteiger partial charge in [0.15, 0.2) is 0 Å². The first-order valence-corrected chi connectivity index (χ1v) is 8.15. The maximum absolute atomic E-state index is 11.7. The van der Waals surface area contributed by atoms with Gasteiger partial charge in [0.25, 0.3) is 0 Å². The number of thioether (sulfide) groups is 1. The number of nitrogens with zero attached hydrogens (tertiary/aromatic N) is 2. The quantitative estimate of drug-likeness (QED) is 0.511. The smallest absolute Gasteiger partial charge is 0.336 e. The van der Waals surface area contributed by atoms with E-state index in [0.717, 1.165) is 15.4 Å². The number of hydrogen-bond acceptors (Lipinski definition) is 5. The lowest BCUT2D eigenvalue weighted by molar-refractivity contribution is 0.559. The Morgan fingerprint density at radius 2 is 2.18 bits per heavy atom. The van der Waals surface area contributed by atoms with Gasteiger partial charge in [0.1, 0.15) is 16.7 Å². The Morgan fingerprint density at radius 3 is 3.00 bits per heavy atom. The van der Waals surface area contributed by atoms with Crippen LogP contribution in [0.2, 0.25) is 0 Å². The van der Waals surface area contributed by atoms with Crippen LogP contribution in [0.1, 0.15) is 11.1 Å². The third kappa shape index (κ3) is 3.06. The minimum Gasteiger partial charge on any atom is -0.423 e. The number of aromatic nitrogens is 1. The van der Waals surface area contributed by atoms with Gasteiger partial charge in [-0.15, -0.1) is 11.8 Å². The van der Waals surface area contributed by atoms with E-state index < -0.39 is 0 Å². The summed E-state index contributed by atoms with van der Waals surface area (Å²) in [6, 6.07) is 12.6. The second kappa shape index (κ2) is 6.34. The SMILES string of the molecule is N#Cc1cccnc1SCc1cc(=O)oc2cc(Br)ccc12. The van der Waals surface area contributed by atoms with Crippen LogP contribution in [-0.4, -0.2) is 4.98 Å². The van der Waals surface area contributed by atoms with Gasteiger partial charge in [0, 0.05) is 27.9 Å². The van der Waals surface area contributed by atoms with Crippen LogP contribution in [0.15, 0.2) is 61.3 Å². The highest BCUT2D eigenvalue weighted by Gasteiger charge is 2.09. The van der Waals surface area contributed by atoms with Crippen LogP contribution < -0.4 is 5.63 Å². The van der Waals surface area contributed by atoms with Gasteiger partial charge in [-0.3, -0.25) is 0 Å². The zero-order valence-corrected chi connectivity index (χ0v) is 13.6. The zero-order valence-electron chi connectivity index (χ0n) is 11.2. The lowest BCUT2D eigenvalue weighted by atomic mass is 10.1. The number of hydrogen-bond donors (Lipinski definition) is 0. The second-order valence-corrected chi connectivity index (χ2v) is 6.37. The molecule has 0 saturated heterocycles. The van der Waals surface area contributed by atoms with Gasteiger partial charge < -0.3 is 4.42 Å². The third-order valence-corrected chi connectivity index (χ3v) is 4.60. The molecule has 2 aromatic heterocycles. The summed E-state index contributed by atoms with van der Waals surface area (Å²) in [5.41, 5.74) is 1.54. The predicted molar refractivity (Wildman–Crippen MR) is 88.7 cm³/mol. The Labute approximate surface area is 138 Å². The Kier molecular flexibility index (Phi) is 4.27. The Hall–Kier alpha value is -2.10. The summed E-state index contributed by atoms with van der Waals surface area (Å²) in [5, 5.41) is 10.6. The monoisotopic (exact) mass is 372 g/mol. The van der Waals surface area contributed by atoms with Gasteiger partial charge in [-0.05, 0) is 35.9 Å². The minimum absolute atomic E-state index is 0.386. The molecule has 4 nitrogen and oxygen atoms in total. The number of fused-ring (bicyclic) bond motifs is 1. The summed E-state index contributed by atoms with van der Waals surface area (Å²) in [7, 11) is 0. The van der Waals surface area contributed by atoms with Gasteiger partial charge >= 0.3 is 5.63 Å². The normalized spacial score (nSPS) is 10.5. The predicted octanol–water partition coefficient (Wildman–Crippen LogP) is 4.11. The van der Waals surface area contributed by atoms with E-state index in [1.165, 1.54) is 17.8 Å². The molecule has 2 heterocycles. The molecule has 3 rings (SSSR count). The van der Waals surface area contributed by atoms with Crippen molar-refractivity contribution in [2.45, 2.75) is 10.8 Å². The molecule has 1 aromatic carbocycles. The number of rotatable bonds is 3. The van der Waals surface area contributed by atoms with Crippen molar-refractivity contribution in [1.29, 1.82) is 5.26 Å². The van der Waals surface area contributed by atoms with E-state index in [9.17, 15) is 4.79 Å². The fourth-order valence-electron chi connectivity index (χ4n) is 2.06. The van der Waals surface area contributed by atoms with Crippen molar-refractivity contribution in [3.63, 3.8) is 0 Å². The van der Waals surface area contributed by atoms with Crippen LogP contribution in [0.5, 0.6) is 0 Å². The topological polar surface area (TPSA) is 66.9 Å². The maximum Gasteiger partial charge on any atom is 0.336 e. The Morgan fingerprint density at radius 1 is 1.32 bits per heavy atom. The fourth-order valence-corrected chi connectivity index (χ4v) is 3.34. The van der Waals surface area contributed by atoms with Gasteiger partial charge in [0.2, 0.25) is 0 Å². The molecule has 0 unspecified atom stereocenters. The minimum atomic E-state index is -0.386. The van der Waals surface area contributed by atoms with Crippen LogP contribution in [0, 0.1) is 11.3 Å². The van der Waals surface area contributed by atoms with E-state index in [2.05, 4.69) is 27.0 Å². The highest BCUT2D eigenvalue weighted by atomic mass is 79.9. The first-order chi connectivity index (χ1) is 10.7. The molecular formula is C16H9BrN2O2S. The van der Waals surface area contributed by atoms with E-state index in [1.807, 2.05) is 12.1 Å². The highest BCUT2D eigenvalue weighted by Crippen LogP contribution is 2.28. The molecule has 108 valence electrons. The molecule has 0 saturated carbocycles. The van der Waals surface area contributed by atoms with Crippen LogP contribution in [0.4, 0.5) is 0 Å². The average Bonchev–Trinajstić information content (AvgIpc) is 2.52. The van der Waals surface area contributed by atoms with Gasteiger partial charge in [-0.25, -0.2) is 9.78 Å². The first-order valence-electron chi connectivity index (χ1n) is 6.37. The summed E-state index contributed by atoms with van der Waals surface area (Å²) in [5.74, 6) is 0.537. The fraction of sp³-hybridized carbons (Fsp3) is 0.0625. The molecule has 22 heavy (non-hydrogen) atoms. The Bertz CT molecular complexity index is 947. The van der Waals surface area contributed by atoms with E-state index in [4.69, 9.17) is 9.68 Å². The molecule has 0 radical (unpaired) electrons. The summed E-state index contributed by atoms with van der Waals surface area (Å²) in [6.07, 6.45) is 1.65. The van der Waals surface area contributed by atoms with Crippen LogP contribution >= 0.6 is 27.7 Å². The molecule has 0 bridgehead atoms. The average molecular weight is 373 g/mol. The molecule has 0 N–H and O–H groups in total. The lowest BCUT2D eigenvalue weighted by Gasteiger charge is -2.06. The summed E-state index contributed by atoms with van der Waals surface area (Å²) < 4.78 is 6.07. The summed E-state index contributed by atoms with van der Waals surface area (Å²) >= 11 is 4.79. The molecule has 6 heteroatoms. The van der Waals surface area contributed by atoms with Crippen LogP contribution in [0.3, 0.4) is 0 Å². The van der Waals surface area contributed by atoms with Crippen molar-refractivity contribution in [3.05, 3.63) is 68.6 Å². The van der Waals surface area contributed by atoms with E-state index in [-0.39, 0.29) is 5.63 Å². The molecule has 0 amide bonds. The van der Waals surface area contributed by atoms with E-state index in [0.29, 0.717) is 21.9 Å². The second-order valence-electron chi connectivity index (χ2n) is 4.49. The Balaban J connectivity index is 1.98. The molecular weight excluding hydrogens is 364 g/mol. The first kappa shape index (κ1) is 14.8. The number of pyridine rings is 1. The maximum atomic E-state index is 11.7. The molecule has 0 aliphatic carbocycles. The van der Waals surface area contributed by atoms with Crippen molar-refractivity contribution in [2.24, 2.45) is 0 Å². The molecule has 0 fully saturated rings. The number of benzene rings is 1. The highest BCUT2D eigenvalue weighted by molar-refractivity contribution is 9.10. The van der Waals surface area contributed by atoms with E-state index >= 15 is 0 Å². The van der Waals surface area contributed by atoms with Crippen LogP contribution in [0.25, 0.3) is 11.0 Å². The molecule has 0 spiro atoms. The van der Waals surface area contributed by atoms with Crippen molar-refractivity contribution in [3.8, 4) is 6.07 Å². The standard InChI is InChI=1S/C16H9BrN2O2S/c17-12-3-4-13-11(6-15(20)21-14(13)7-12)9-22-16-10(8-18)2-1-5-19-16/h1-7H,9H2. The summed E-state index contributed by atoms with van der Waals surface area (Å²) in [4.78, 5) is 15.9. The zero-order chi connectivity index (χ0) is 15.5. The molecule has 0 aliphatic rings. The molecule has 3 aromatic rings. The van der Waals surface area contributed by atoms with Gasteiger partial charge in [-0.1, -0.05) is 15.9 Å². The van der Waals surface area contributed by atoms with Crippen molar-refractivity contribution < 1.29 is 4.42 Å². The van der Waals surface area contributed by atoms with E-state index in [1.54, 1.807) is 24.4 Å². The van der Waals surface area contributed by atoms with Crippen molar-refractivity contribution in [1.82, 2.24) is 4.98 Å².